The standard InChI is InChI=1S/C10H6BrN3O3S/c11-8-6(2-1-3-7(8)14(16)17)9(15)13-10-12-4-5-18-10/h1-5H,(H,12,13,15). The van der Waals surface area contributed by atoms with Gasteiger partial charge in [-0.3, -0.25) is 20.2 Å². The number of nitro benzene ring substituents is 1. The number of nitrogens with one attached hydrogen (secondary N) is 1. The number of carbonyl (C=O) groups excluding carboxylic acids is 1. The SMILES string of the molecule is O=C(Nc1nccs1)c1cccc([N+](=O)[O-])c1Br. The fourth-order valence-electron chi connectivity index (χ4n) is 1.29. The first kappa shape index (κ1) is 12.7. The maximum absolute atomic E-state index is 11.9. The average Bonchev–Trinajstić information content (AvgIpc) is 2.81. The molecule has 0 fully saturated rings. The Bertz CT molecular complexity index is 600. The van der Waals surface area contributed by atoms with Gasteiger partial charge in [0.1, 0.15) is 4.47 Å². The van der Waals surface area contributed by atoms with Crippen LogP contribution in [-0.4, -0.2) is 15.8 Å². The maximum atomic E-state index is 11.9. The molecule has 92 valence electrons. The molecule has 0 atom stereocenters. The van der Waals surface area contributed by atoms with E-state index in [0.29, 0.717) is 5.13 Å². The predicted octanol–water partition coefficient (Wildman–Crippen LogP) is 3.07. The molecular weight excluding hydrogens is 322 g/mol. The van der Waals surface area contributed by atoms with Gasteiger partial charge in [0, 0.05) is 17.6 Å². The molecule has 1 amide bonds. The lowest BCUT2D eigenvalue weighted by Gasteiger charge is -2.04. The number of carbonyl (C=O) groups is 1. The predicted molar refractivity (Wildman–Crippen MR) is 70.9 cm³/mol. The number of aromatic nitrogens is 1. The molecule has 0 aliphatic heterocycles. The van der Waals surface area contributed by atoms with E-state index in [1.807, 2.05) is 0 Å². The van der Waals surface area contributed by atoms with E-state index in [2.05, 4.69) is 26.2 Å². The van der Waals surface area contributed by atoms with Crippen molar-refractivity contribution >= 4 is 44.0 Å². The van der Waals surface area contributed by atoms with Gasteiger partial charge in [0.25, 0.3) is 11.6 Å². The number of anilines is 1. The Morgan fingerprint density at radius 1 is 1.50 bits per heavy atom. The summed E-state index contributed by atoms with van der Waals surface area (Å²) >= 11 is 4.34. The van der Waals surface area contributed by atoms with Crippen LogP contribution < -0.4 is 5.32 Å². The first-order valence-electron chi connectivity index (χ1n) is 4.73. The Labute approximate surface area is 114 Å². The van der Waals surface area contributed by atoms with Crippen LogP contribution in [0, 0.1) is 10.1 Å². The highest BCUT2D eigenvalue weighted by Crippen LogP contribution is 2.28. The molecule has 0 aliphatic carbocycles. The van der Waals surface area contributed by atoms with Crippen molar-refractivity contribution in [2.75, 3.05) is 5.32 Å². The van der Waals surface area contributed by atoms with Crippen LogP contribution in [0.2, 0.25) is 0 Å². The third kappa shape index (κ3) is 2.54. The van der Waals surface area contributed by atoms with E-state index in [4.69, 9.17) is 0 Å². The summed E-state index contributed by atoms with van der Waals surface area (Å²) in [5, 5.41) is 15.5. The maximum Gasteiger partial charge on any atom is 0.284 e. The third-order valence-electron chi connectivity index (χ3n) is 2.07. The van der Waals surface area contributed by atoms with E-state index in [-0.39, 0.29) is 15.7 Å². The molecule has 2 aromatic rings. The summed E-state index contributed by atoms with van der Waals surface area (Å²) < 4.78 is 0.157. The zero-order valence-electron chi connectivity index (χ0n) is 8.79. The van der Waals surface area contributed by atoms with Crippen LogP contribution in [0.25, 0.3) is 0 Å². The molecule has 0 unspecified atom stereocenters. The molecule has 1 aromatic heterocycles. The largest absolute Gasteiger partial charge is 0.298 e. The van der Waals surface area contributed by atoms with Gasteiger partial charge < -0.3 is 0 Å². The van der Waals surface area contributed by atoms with Crippen molar-refractivity contribution in [3.05, 3.63) is 49.9 Å². The summed E-state index contributed by atoms with van der Waals surface area (Å²) in [7, 11) is 0. The number of thiazole rings is 1. The molecule has 1 heterocycles. The Morgan fingerprint density at radius 3 is 2.89 bits per heavy atom. The number of rotatable bonds is 3. The van der Waals surface area contributed by atoms with Gasteiger partial charge in [-0.25, -0.2) is 4.98 Å². The molecule has 1 aromatic carbocycles. The van der Waals surface area contributed by atoms with Crippen LogP contribution in [0.3, 0.4) is 0 Å². The normalized spacial score (nSPS) is 10.1. The van der Waals surface area contributed by atoms with Crippen molar-refractivity contribution < 1.29 is 9.72 Å². The second kappa shape index (κ2) is 5.23. The smallest absolute Gasteiger partial charge is 0.284 e. The number of amides is 1. The van der Waals surface area contributed by atoms with E-state index in [9.17, 15) is 14.9 Å². The highest BCUT2D eigenvalue weighted by molar-refractivity contribution is 9.10. The number of hydrogen-bond acceptors (Lipinski definition) is 5. The summed E-state index contributed by atoms with van der Waals surface area (Å²) in [5.41, 5.74) is 0.0428. The van der Waals surface area contributed by atoms with E-state index in [0.717, 1.165) is 0 Å². The fraction of sp³-hybridized carbons (Fsp3) is 0. The Hall–Kier alpha value is -1.80. The highest BCUT2D eigenvalue weighted by Gasteiger charge is 2.19. The molecule has 0 saturated heterocycles. The van der Waals surface area contributed by atoms with E-state index in [1.165, 1.54) is 29.5 Å². The van der Waals surface area contributed by atoms with Crippen LogP contribution in [0.4, 0.5) is 10.8 Å². The van der Waals surface area contributed by atoms with Gasteiger partial charge in [-0.15, -0.1) is 11.3 Å². The molecule has 6 nitrogen and oxygen atoms in total. The Kier molecular flexibility index (Phi) is 3.68. The van der Waals surface area contributed by atoms with Crippen LogP contribution in [0.15, 0.2) is 34.2 Å². The first-order valence-corrected chi connectivity index (χ1v) is 6.40. The zero-order valence-corrected chi connectivity index (χ0v) is 11.2. The van der Waals surface area contributed by atoms with Gasteiger partial charge in [0.05, 0.1) is 10.5 Å². The molecule has 2 rings (SSSR count). The van der Waals surface area contributed by atoms with Crippen LogP contribution >= 0.6 is 27.3 Å². The number of benzene rings is 1. The molecular formula is C10H6BrN3O3S. The van der Waals surface area contributed by atoms with Crippen LogP contribution in [-0.2, 0) is 0 Å². The van der Waals surface area contributed by atoms with Crippen molar-refractivity contribution in [2.45, 2.75) is 0 Å². The van der Waals surface area contributed by atoms with E-state index >= 15 is 0 Å². The van der Waals surface area contributed by atoms with Crippen LogP contribution in [0.1, 0.15) is 10.4 Å². The lowest BCUT2D eigenvalue weighted by molar-refractivity contribution is -0.385. The monoisotopic (exact) mass is 327 g/mol. The third-order valence-corrected chi connectivity index (χ3v) is 3.59. The van der Waals surface area contributed by atoms with Crippen molar-refractivity contribution in [3.63, 3.8) is 0 Å². The van der Waals surface area contributed by atoms with Gasteiger partial charge in [-0.05, 0) is 22.0 Å². The summed E-state index contributed by atoms with van der Waals surface area (Å²) in [5.74, 6) is -0.444. The quantitative estimate of drug-likeness (QED) is 0.693. The number of hydrogen-bond donors (Lipinski definition) is 1. The highest BCUT2D eigenvalue weighted by atomic mass is 79.9. The second-order valence-electron chi connectivity index (χ2n) is 3.19. The van der Waals surface area contributed by atoms with Crippen molar-refractivity contribution in [1.29, 1.82) is 0 Å². The molecule has 18 heavy (non-hydrogen) atoms. The van der Waals surface area contributed by atoms with Gasteiger partial charge in [-0.2, -0.15) is 0 Å². The Balaban J connectivity index is 2.31. The lowest BCUT2D eigenvalue weighted by Crippen LogP contribution is -2.12. The van der Waals surface area contributed by atoms with Crippen LogP contribution in [0.5, 0.6) is 0 Å². The minimum atomic E-state index is -0.551. The molecule has 8 heteroatoms. The van der Waals surface area contributed by atoms with Gasteiger partial charge in [0.2, 0.25) is 0 Å². The van der Waals surface area contributed by atoms with Gasteiger partial charge >= 0.3 is 0 Å². The topological polar surface area (TPSA) is 85.1 Å². The fourth-order valence-corrected chi connectivity index (χ4v) is 2.40. The van der Waals surface area contributed by atoms with Crippen molar-refractivity contribution in [2.24, 2.45) is 0 Å². The summed E-state index contributed by atoms with van der Waals surface area (Å²) in [6, 6.07) is 4.28. The Morgan fingerprint density at radius 2 is 2.28 bits per heavy atom. The summed E-state index contributed by atoms with van der Waals surface area (Å²) in [4.78, 5) is 26.0. The number of nitro groups is 1. The molecule has 0 spiro atoms. The molecule has 0 radical (unpaired) electrons. The minimum absolute atomic E-state index is 0.151. The van der Waals surface area contributed by atoms with Gasteiger partial charge in [-0.1, -0.05) is 6.07 Å². The van der Waals surface area contributed by atoms with E-state index < -0.39 is 10.8 Å². The molecule has 0 bridgehead atoms. The van der Waals surface area contributed by atoms with E-state index in [1.54, 1.807) is 11.6 Å². The lowest BCUT2D eigenvalue weighted by atomic mass is 10.2. The molecule has 0 aliphatic rings. The van der Waals surface area contributed by atoms with Crippen molar-refractivity contribution in [3.8, 4) is 0 Å². The average molecular weight is 328 g/mol. The summed E-state index contributed by atoms with van der Waals surface area (Å²) in [6.45, 7) is 0. The van der Waals surface area contributed by atoms with Crippen molar-refractivity contribution in [1.82, 2.24) is 4.98 Å². The summed E-state index contributed by atoms with van der Waals surface area (Å²) in [6.07, 6.45) is 1.56. The number of nitrogens with zero attached hydrogens (tertiary/aromatic N) is 2. The molecule has 0 saturated carbocycles. The second-order valence-corrected chi connectivity index (χ2v) is 4.87. The van der Waals surface area contributed by atoms with Gasteiger partial charge in [0.15, 0.2) is 5.13 Å². The minimum Gasteiger partial charge on any atom is -0.298 e. The first-order chi connectivity index (χ1) is 8.59. The zero-order chi connectivity index (χ0) is 13.1. The number of halogens is 1. The molecule has 1 N–H and O–H groups in total.